The number of halogens is 2. The first-order valence-electron chi connectivity index (χ1n) is 14.1. The van der Waals surface area contributed by atoms with E-state index >= 15 is 0 Å². The molecule has 4 aromatic rings. The van der Waals surface area contributed by atoms with Gasteiger partial charge in [-0.25, -0.2) is 0 Å². The van der Waals surface area contributed by atoms with Gasteiger partial charge in [0.1, 0.15) is 0 Å². The minimum atomic E-state index is -0.0992. The third kappa shape index (κ3) is 6.49. The molecular weight excluding hydrogens is 543 g/mol. The van der Waals surface area contributed by atoms with Gasteiger partial charge in [0.15, 0.2) is 5.75 Å². The van der Waals surface area contributed by atoms with Crippen molar-refractivity contribution < 1.29 is 14.6 Å². The second-order valence-corrected chi connectivity index (χ2v) is 11.5. The molecule has 1 atom stereocenters. The average Bonchev–Trinajstić information content (AvgIpc) is 3.35. The summed E-state index contributed by atoms with van der Waals surface area (Å²) in [7, 11) is 1.75. The lowest BCUT2D eigenvalue weighted by Gasteiger charge is -2.33. The van der Waals surface area contributed by atoms with E-state index in [-0.39, 0.29) is 21.7 Å². The quantitative estimate of drug-likeness (QED) is 0.193. The summed E-state index contributed by atoms with van der Waals surface area (Å²) < 4.78 is 7.75. The summed E-state index contributed by atoms with van der Waals surface area (Å²) in [6.45, 7) is 3.29. The van der Waals surface area contributed by atoms with E-state index in [9.17, 15) is 9.90 Å². The number of para-hydroxylation sites is 1. The molecule has 1 saturated heterocycles. The number of aromatic hydroxyl groups is 1. The minimum absolute atomic E-state index is 0.0992. The molecule has 1 N–H and O–H groups in total. The normalized spacial score (nSPS) is 15.6. The summed E-state index contributed by atoms with van der Waals surface area (Å²) >= 11 is 12.2. The number of rotatable bonds is 10. The van der Waals surface area contributed by atoms with E-state index in [1.54, 1.807) is 19.2 Å². The first-order chi connectivity index (χ1) is 19.4. The number of phenols is 1. The number of aryl methyl sites for hydroxylation is 2. The summed E-state index contributed by atoms with van der Waals surface area (Å²) in [4.78, 5) is 15.3. The molecule has 1 aliphatic rings. The highest BCUT2D eigenvalue weighted by Crippen LogP contribution is 2.36. The number of piperidine rings is 1. The van der Waals surface area contributed by atoms with Crippen LogP contribution in [0.25, 0.3) is 22.0 Å². The number of likely N-dealkylation sites (tertiary alicyclic amines) is 1. The number of nitrogens with zero attached hydrogens (tertiary/aromatic N) is 2. The van der Waals surface area contributed by atoms with Crippen molar-refractivity contribution in [2.45, 2.75) is 51.0 Å². The number of carbonyl (C=O) groups excluding carboxylic acids is 1. The fraction of sp³-hybridized carbons (Fsp3) is 0.364. The molecular formula is C33H36Cl2N2O3. The predicted octanol–water partition coefficient (Wildman–Crippen LogP) is 8.09. The zero-order chi connectivity index (χ0) is 28.1. The number of methoxy groups -OCH3 is 1. The first kappa shape index (κ1) is 28.5. The fourth-order valence-corrected chi connectivity index (χ4v) is 6.32. The van der Waals surface area contributed by atoms with E-state index in [0.29, 0.717) is 12.3 Å². The van der Waals surface area contributed by atoms with Crippen molar-refractivity contribution in [3.63, 3.8) is 0 Å². The van der Waals surface area contributed by atoms with Crippen LogP contribution in [0.3, 0.4) is 0 Å². The average molecular weight is 580 g/mol. The molecule has 5 nitrogen and oxygen atoms in total. The molecule has 1 amide bonds. The fourth-order valence-electron chi connectivity index (χ4n) is 5.83. The van der Waals surface area contributed by atoms with Gasteiger partial charge in [-0.3, -0.25) is 4.79 Å². The van der Waals surface area contributed by atoms with Crippen LogP contribution in [0.5, 0.6) is 5.75 Å². The number of ether oxygens (including phenoxy) is 1. The molecule has 1 aliphatic heterocycles. The molecule has 40 heavy (non-hydrogen) atoms. The Kier molecular flexibility index (Phi) is 9.36. The number of hydrogen-bond acceptors (Lipinski definition) is 3. The number of benzene rings is 3. The van der Waals surface area contributed by atoms with E-state index < -0.39 is 0 Å². The molecule has 0 bridgehead atoms. The second-order valence-electron chi connectivity index (χ2n) is 10.6. The summed E-state index contributed by atoms with van der Waals surface area (Å²) in [6, 6.07) is 22.5. The monoisotopic (exact) mass is 578 g/mol. The lowest BCUT2D eigenvalue weighted by Crippen LogP contribution is -2.39. The Labute approximate surface area is 246 Å². The molecule has 0 aliphatic carbocycles. The summed E-state index contributed by atoms with van der Waals surface area (Å²) in [5.74, 6) is 0.497. The Bertz CT molecular complexity index is 1440. The number of hydrogen-bond donors (Lipinski definition) is 1. The molecule has 2 heterocycles. The van der Waals surface area contributed by atoms with Gasteiger partial charge in [-0.05, 0) is 78.4 Å². The van der Waals surface area contributed by atoms with Crippen LogP contribution in [0.2, 0.25) is 10.0 Å². The van der Waals surface area contributed by atoms with Gasteiger partial charge in [-0.2, -0.15) is 0 Å². The van der Waals surface area contributed by atoms with Crippen LogP contribution < -0.4 is 0 Å². The predicted molar refractivity (Wildman–Crippen MR) is 163 cm³/mol. The van der Waals surface area contributed by atoms with Gasteiger partial charge < -0.3 is 19.3 Å². The number of aromatic nitrogens is 1. The summed E-state index contributed by atoms with van der Waals surface area (Å²) in [5.41, 5.74) is 5.62. The molecule has 1 unspecified atom stereocenters. The van der Waals surface area contributed by atoms with E-state index in [2.05, 4.69) is 51.9 Å². The van der Waals surface area contributed by atoms with Crippen LogP contribution in [-0.4, -0.2) is 47.3 Å². The Morgan fingerprint density at radius 2 is 1.75 bits per heavy atom. The third-order valence-electron chi connectivity index (χ3n) is 7.93. The SMILES string of the molecule is COCCCn1c(C2CCCN(C(=O)CCCc3ccc(-c4cc(Cl)c(O)c(Cl)c4)cc3)C2)cc2ccccc21. The van der Waals surface area contributed by atoms with Crippen molar-refractivity contribution in [1.82, 2.24) is 9.47 Å². The maximum Gasteiger partial charge on any atom is 0.222 e. The van der Waals surface area contributed by atoms with Crippen molar-refractivity contribution in [2.24, 2.45) is 0 Å². The summed E-state index contributed by atoms with van der Waals surface area (Å²) in [5, 5.41) is 11.5. The zero-order valence-corrected chi connectivity index (χ0v) is 24.4. The largest absolute Gasteiger partial charge is 0.505 e. The second kappa shape index (κ2) is 13.1. The maximum atomic E-state index is 13.2. The number of amides is 1. The van der Waals surface area contributed by atoms with Gasteiger partial charge in [0.25, 0.3) is 0 Å². The molecule has 0 spiro atoms. The number of carbonyl (C=O) groups is 1. The van der Waals surface area contributed by atoms with Crippen molar-refractivity contribution >= 4 is 40.0 Å². The highest BCUT2D eigenvalue weighted by molar-refractivity contribution is 6.37. The topological polar surface area (TPSA) is 54.7 Å². The molecule has 5 rings (SSSR count). The molecule has 1 fully saturated rings. The Hall–Kier alpha value is -2.99. The van der Waals surface area contributed by atoms with Crippen LogP contribution >= 0.6 is 23.2 Å². The molecule has 210 valence electrons. The molecule has 1 aromatic heterocycles. The lowest BCUT2D eigenvalue weighted by molar-refractivity contribution is -0.132. The number of phenolic OH excluding ortho intramolecular Hbond substituents is 1. The van der Waals surface area contributed by atoms with Crippen LogP contribution in [0.1, 0.15) is 49.3 Å². The smallest absolute Gasteiger partial charge is 0.222 e. The van der Waals surface area contributed by atoms with Crippen LogP contribution in [0.4, 0.5) is 0 Å². The van der Waals surface area contributed by atoms with Gasteiger partial charge in [0.2, 0.25) is 5.91 Å². The van der Waals surface area contributed by atoms with E-state index in [1.165, 1.54) is 22.2 Å². The van der Waals surface area contributed by atoms with E-state index in [4.69, 9.17) is 27.9 Å². The molecule has 7 heteroatoms. The van der Waals surface area contributed by atoms with Crippen molar-refractivity contribution in [2.75, 3.05) is 26.8 Å². The van der Waals surface area contributed by atoms with E-state index in [1.807, 2.05) is 12.1 Å². The highest BCUT2D eigenvalue weighted by atomic mass is 35.5. The van der Waals surface area contributed by atoms with Gasteiger partial charge in [0, 0.05) is 56.9 Å². The maximum absolute atomic E-state index is 13.2. The van der Waals surface area contributed by atoms with Crippen LogP contribution in [0, 0.1) is 0 Å². The van der Waals surface area contributed by atoms with Crippen molar-refractivity contribution in [3.05, 3.63) is 88.0 Å². The summed E-state index contributed by atoms with van der Waals surface area (Å²) in [6.07, 6.45) is 5.31. The Morgan fingerprint density at radius 3 is 2.50 bits per heavy atom. The van der Waals surface area contributed by atoms with Gasteiger partial charge >= 0.3 is 0 Å². The highest BCUT2D eigenvalue weighted by Gasteiger charge is 2.27. The van der Waals surface area contributed by atoms with Crippen LogP contribution in [0.15, 0.2) is 66.7 Å². The van der Waals surface area contributed by atoms with Gasteiger partial charge in [-0.1, -0.05) is 65.7 Å². The van der Waals surface area contributed by atoms with Crippen LogP contribution in [-0.2, 0) is 22.5 Å². The van der Waals surface area contributed by atoms with E-state index in [0.717, 1.165) is 69.5 Å². The van der Waals surface area contributed by atoms with Crippen molar-refractivity contribution in [3.8, 4) is 16.9 Å². The third-order valence-corrected chi connectivity index (χ3v) is 8.50. The Balaban J connectivity index is 1.18. The number of fused-ring (bicyclic) bond motifs is 1. The lowest BCUT2D eigenvalue weighted by atomic mass is 9.94. The first-order valence-corrected chi connectivity index (χ1v) is 14.8. The molecule has 0 radical (unpaired) electrons. The van der Waals surface area contributed by atoms with Gasteiger partial charge in [0.05, 0.1) is 10.0 Å². The molecule has 0 saturated carbocycles. The Morgan fingerprint density at radius 1 is 1.00 bits per heavy atom. The van der Waals surface area contributed by atoms with Gasteiger partial charge in [-0.15, -0.1) is 0 Å². The zero-order valence-electron chi connectivity index (χ0n) is 22.9. The molecule has 3 aromatic carbocycles. The standard InChI is InChI=1S/C33H36Cl2N2O3/c1-40-18-6-17-37-30-10-3-2-8-25(30)21-31(37)26-9-5-16-36(22-26)32(38)11-4-7-23-12-14-24(15-13-23)27-19-28(34)33(39)29(35)20-27/h2-3,8,10,12-15,19-21,26,39H,4-7,9,11,16-18,22H2,1H3. The van der Waals surface area contributed by atoms with Crippen molar-refractivity contribution in [1.29, 1.82) is 0 Å². The minimum Gasteiger partial charge on any atom is -0.505 e.